The third-order valence-corrected chi connectivity index (χ3v) is 10.4. The molecule has 0 aliphatic carbocycles. The van der Waals surface area contributed by atoms with Gasteiger partial charge in [0.05, 0.1) is 18.8 Å². The molecule has 0 bridgehead atoms. The standard InChI is InChI=1S/C50H60N4O10/c1-5-61-39-28-26-36(27-29-39)32-41(51-44(55)40(53-49(60)64-50(2,3)4)24-15-16-31-62-47(58)38-22-13-8-14-23-38)45(56)52-42(33-35-18-9-6-10-19-35)46(57)54-30-17-25-43(54)48(59)63-34-37-20-11-7-12-21-37/h6-14,18-23,26-29,40-43H,5,15-17,24-25,30-34H2,1-4H3,(H,51,55)(H,52,56)(H,53,60)/t40-,41-,42-,43+/m0/s1. The van der Waals surface area contributed by atoms with Crippen LogP contribution in [0.5, 0.6) is 5.75 Å². The summed E-state index contributed by atoms with van der Waals surface area (Å²) in [6, 6.07) is 29.8. The number of likely N-dealkylation sites (tertiary alicyclic amines) is 1. The van der Waals surface area contributed by atoms with Crippen molar-refractivity contribution in [2.45, 2.75) is 109 Å². The predicted molar refractivity (Wildman–Crippen MR) is 240 cm³/mol. The highest BCUT2D eigenvalue weighted by atomic mass is 16.6. The number of nitrogens with one attached hydrogen (secondary N) is 3. The second-order valence-corrected chi connectivity index (χ2v) is 16.6. The minimum atomic E-state index is -1.23. The van der Waals surface area contributed by atoms with Crippen LogP contribution in [0.3, 0.4) is 0 Å². The smallest absolute Gasteiger partial charge is 0.408 e. The molecular weight excluding hydrogens is 817 g/mol. The Balaban J connectivity index is 1.35. The third kappa shape index (κ3) is 15.6. The van der Waals surface area contributed by atoms with Gasteiger partial charge in [0.2, 0.25) is 17.7 Å². The lowest BCUT2D eigenvalue weighted by Crippen LogP contribution is -2.59. The summed E-state index contributed by atoms with van der Waals surface area (Å²) in [7, 11) is 0. The Morgan fingerprint density at radius 2 is 1.25 bits per heavy atom. The molecule has 14 nitrogen and oxygen atoms in total. The molecule has 340 valence electrons. The molecule has 14 heteroatoms. The summed E-state index contributed by atoms with van der Waals surface area (Å²) >= 11 is 0. The monoisotopic (exact) mass is 876 g/mol. The molecule has 5 rings (SSSR count). The molecule has 0 saturated carbocycles. The van der Waals surface area contributed by atoms with Crippen molar-refractivity contribution in [2.24, 2.45) is 0 Å². The molecule has 1 aliphatic heterocycles. The minimum Gasteiger partial charge on any atom is -0.494 e. The van der Waals surface area contributed by atoms with Crippen LogP contribution in [0.2, 0.25) is 0 Å². The lowest BCUT2D eigenvalue weighted by Gasteiger charge is -2.30. The number of unbranched alkanes of at least 4 members (excludes halogenated alkanes) is 1. The van der Waals surface area contributed by atoms with Crippen LogP contribution >= 0.6 is 0 Å². The lowest BCUT2D eigenvalue weighted by atomic mass is 10.0. The van der Waals surface area contributed by atoms with Crippen molar-refractivity contribution >= 4 is 35.8 Å². The largest absolute Gasteiger partial charge is 0.494 e. The zero-order valence-electron chi connectivity index (χ0n) is 37.1. The van der Waals surface area contributed by atoms with E-state index in [9.17, 15) is 28.8 Å². The Hall–Kier alpha value is -6.70. The van der Waals surface area contributed by atoms with Gasteiger partial charge in [-0.05, 0) is 101 Å². The predicted octanol–water partition coefficient (Wildman–Crippen LogP) is 6.50. The van der Waals surface area contributed by atoms with Crippen molar-refractivity contribution in [1.29, 1.82) is 0 Å². The van der Waals surface area contributed by atoms with Crippen LogP contribution in [0.1, 0.15) is 86.8 Å². The van der Waals surface area contributed by atoms with E-state index in [0.717, 1.165) is 11.1 Å². The molecule has 1 saturated heterocycles. The fourth-order valence-electron chi connectivity index (χ4n) is 7.22. The summed E-state index contributed by atoms with van der Waals surface area (Å²) in [5.41, 5.74) is 1.83. The fourth-order valence-corrected chi connectivity index (χ4v) is 7.22. The first-order valence-corrected chi connectivity index (χ1v) is 21.9. The highest BCUT2D eigenvalue weighted by Crippen LogP contribution is 2.22. The highest BCUT2D eigenvalue weighted by Gasteiger charge is 2.39. The fraction of sp³-hybridized carbons (Fsp3) is 0.400. The molecular formula is C50H60N4O10. The number of rotatable bonds is 21. The van der Waals surface area contributed by atoms with Gasteiger partial charge in [0.15, 0.2) is 0 Å². The SMILES string of the molecule is CCOc1ccc(C[C@H](NC(=O)[C@H](CCCCOC(=O)c2ccccc2)NC(=O)OC(C)(C)C)C(=O)N[C@@H](Cc2ccccc2)C(=O)N2CCC[C@@H]2C(=O)OCc2ccccc2)cc1. The first-order chi connectivity index (χ1) is 30.8. The number of hydrogen-bond donors (Lipinski definition) is 3. The van der Waals surface area contributed by atoms with E-state index in [1.807, 2.05) is 67.6 Å². The number of ether oxygens (including phenoxy) is 4. The third-order valence-electron chi connectivity index (χ3n) is 10.4. The zero-order valence-corrected chi connectivity index (χ0v) is 37.1. The number of alkyl carbamates (subject to hydrolysis) is 1. The Morgan fingerprint density at radius 1 is 0.672 bits per heavy atom. The molecule has 3 N–H and O–H groups in total. The maximum absolute atomic E-state index is 14.6. The molecule has 4 atom stereocenters. The second-order valence-electron chi connectivity index (χ2n) is 16.6. The number of carbonyl (C=O) groups excluding carboxylic acids is 6. The summed E-state index contributed by atoms with van der Waals surface area (Å²) in [6.45, 7) is 7.86. The second kappa shape index (κ2) is 24.2. The molecule has 1 heterocycles. The van der Waals surface area contributed by atoms with E-state index in [1.165, 1.54) is 4.90 Å². The van der Waals surface area contributed by atoms with Gasteiger partial charge in [-0.2, -0.15) is 0 Å². The molecule has 4 aromatic rings. The molecule has 1 fully saturated rings. The van der Waals surface area contributed by atoms with Crippen LogP contribution in [0.25, 0.3) is 0 Å². The van der Waals surface area contributed by atoms with Crippen molar-refractivity contribution in [3.05, 3.63) is 138 Å². The molecule has 1 aliphatic rings. The van der Waals surface area contributed by atoms with E-state index >= 15 is 0 Å². The number of hydrogen-bond acceptors (Lipinski definition) is 10. The normalized spacial score (nSPS) is 14.9. The van der Waals surface area contributed by atoms with E-state index in [4.69, 9.17) is 18.9 Å². The average Bonchev–Trinajstić information content (AvgIpc) is 3.78. The van der Waals surface area contributed by atoms with E-state index in [0.29, 0.717) is 55.7 Å². The van der Waals surface area contributed by atoms with Gasteiger partial charge < -0.3 is 39.8 Å². The molecule has 0 unspecified atom stereocenters. The van der Waals surface area contributed by atoms with E-state index in [-0.39, 0.29) is 32.5 Å². The first kappa shape index (κ1) is 48.3. The zero-order chi connectivity index (χ0) is 45.9. The number of carbonyl (C=O) groups is 6. The number of nitrogens with zero attached hydrogens (tertiary/aromatic N) is 1. The van der Waals surface area contributed by atoms with Gasteiger partial charge in [-0.3, -0.25) is 14.4 Å². The van der Waals surface area contributed by atoms with Gasteiger partial charge in [-0.1, -0.05) is 91.0 Å². The van der Waals surface area contributed by atoms with E-state index in [2.05, 4.69) is 16.0 Å². The van der Waals surface area contributed by atoms with Gasteiger partial charge in [-0.15, -0.1) is 0 Å². The van der Waals surface area contributed by atoms with Crippen LogP contribution < -0.4 is 20.7 Å². The van der Waals surface area contributed by atoms with Gasteiger partial charge in [0, 0.05) is 19.4 Å². The van der Waals surface area contributed by atoms with Crippen molar-refractivity contribution in [2.75, 3.05) is 19.8 Å². The number of amides is 4. The summed E-state index contributed by atoms with van der Waals surface area (Å²) in [5.74, 6) is -2.15. The number of esters is 2. The average molecular weight is 877 g/mol. The van der Waals surface area contributed by atoms with Crippen molar-refractivity contribution in [3.63, 3.8) is 0 Å². The lowest BCUT2D eigenvalue weighted by molar-refractivity contribution is -0.155. The van der Waals surface area contributed by atoms with E-state index < -0.39 is 65.5 Å². The van der Waals surface area contributed by atoms with Crippen LogP contribution in [-0.2, 0) is 52.8 Å². The molecule has 0 aromatic heterocycles. The summed E-state index contributed by atoms with van der Waals surface area (Å²) in [4.78, 5) is 83.8. The Labute approximate surface area is 375 Å². The van der Waals surface area contributed by atoms with Gasteiger partial charge in [0.25, 0.3) is 0 Å². The van der Waals surface area contributed by atoms with Gasteiger partial charge in [-0.25, -0.2) is 14.4 Å². The van der Waals surface area contributed by atoms with Crippen LogP contribution in [-0.4, -0.2) is 90.2 Å². The first-order valence-electron chi connectivity index (χ1n) is 21.9. The maximum Gasteiger partial charge on any atom is 0.408 e. The molecule has 4 aromatic carbocycles. The number of benzene rings is 4. The Kier molecular flexibility index (Phi) is 18.3. The molecule has 0 radical (unpaired) electrons. The Bertz CT molecular complexity index is 2130. The molecule has 64 heavy (non-hydrogen) atoms. The van der Waals surface area contributed by atoms with Crippen molar-refractivity contribution in [3.8, 4) is 5.75 Å². The Morgan fingerprint density at radius 3 is 1.89 bits per heavy atom. The molecule has 4 amide bonds. The van der Waals surface area contributed by atoms with Crippen LogP contribution in [0, 0.1) is 0 Å². The highest BCUT2D eigenvalue weighted by molar-refractivity contribution is 5.95. The molecule has 0 spiro atoms. The van der Waals surface area contributed by atoms with Gasteiger partial charge in [0.1, 0.15) is 42.1 Å². The topological polar surface area (TPSA) is 179 Å². The summed E-state index contributed by atoms with van der Waals surface area (Å²) in [6.07, 6.45) is 1.14. The van der Waals surface area contributed by atoms with Crippen LogP contribution in [0.4, 0.5) is 4.79 Å². The minimum absolute atomic E-state index is 0.0168. The van der Waals surface area contributed by atoms with Crippen molar-refractivity contribution < 1.29 is 47.7 Å². The van der Waals surface area contributed by atoms with Crippen LogP contribution in [0.15, 0.2) is 115 Å². The summed E-state index contributed by atoms with van der Waals surface area (Å²) in [5, 5.41) is 8.44. The van der Waals surface area contributed by atoms with Crippen molar-refractivity contribution in [1.82, 2.24) is 20.9 Å². The van der Waals surface area contributed by atoms with Gasteiger partial charge >= 0.3 is 18.0 Å². The quantitative estimate of drug-likeness (QED) is 0.0476. The van der Waals surface area contributed by atoms with E-state index in [1.54, 1.807) is 75.4 Å². The summed E-state index contributed by atoms with van der Waals surface area (Å²) < 4.78 is 22.2. The maximum atomic E-state index is 14.6.